The predicted molar refractivity (Wildman–Crippen MR) is 80.0 cm³/mol. The summed E-state index contributed by atoms with van der Waals surface area (Å²) in [7, 11) is 0. The molecule has 4 nitrogen and oxygen atoms in total. The Kier molecular flexibility index (Phi) is 4.82. The van der Waals surface area contributed by atoms with Gasteiger partial charge in [-0.1, -0.05) is 24.6 Å². The molecule has 110 valence electrons. The quantitative estimate of drug-likeness (QED) is 0.871. The third-order valence-electron chi connectivity index (χ3n) is 3.00. The highest BCUT2D eigenvalue weighted by Gasteiger charge is 2.16. The normalized spacial score (nSPS) is 11.7. The lowest BCUT2D eigenvalue weighted by molar-refractivity contribution is -0.145. The molecule has 0 spiro atoms. The Morgan fingerprint density at radius 2 is 1.48 bits per heavy atom. The van der Waals surface area contributed by atoms with Gasteiger partial charge in [-0.05, 0) is 49.7 Å². The maximum Gasteiger partial charge on any atom is 0.344 e. The Hall–Kier alpha value is -2.49. The Labute approximate surface area is 123 Å². The summed E-state index contributed by atoms with van der Waals surface area (Å²) < 4.78 is 11.1. The third kappa shape index (κ3) is 4.24. The molecule has 0 saturated heterocycles. The molecule has 1 unspecified atom stereocenters. The average Bonchev–Trinajstić information content (AvgIpc) is 2.48. The fourth-order valence-corrected chi connectivity index (χ4v) is 1.80. The first-order chi connectivity index (χ1) is 10.1. The third-order valence-corrected chi connectivity index (χ3v) is 3.00. The van der Waals surface area contributed by atoms with E-state index < -0.39 is 12.1 Å². The summed E-state index contributed by atoms with van der Waals surface area (Å²) in [4.78, 5) is 10.9. The smallest absolute Gasteiger partial charge is 0.344 e. The average molecular weight is 286 g/mol. The molecule has 2 rings (SSSR count). The first-order valence-electron chi connectivity index (χ1n) is 6.82. The summed E-state index contributed by atoms with van der Waals surface area (Å²) in [5.74, 6) is 0.985. The fourth-order valence-electron chi connectivity index (χ4n) is 1.80. The fraction of sp³-hybridized carbons (Fsp3) is 0.235. The zero-order valence-corrected chi connectivity index (χ0v) is 12.1. The van der Waals surface area contributed by atoms with E-state index in [-0.39, 0.29) is 0 Å². The molecule has 4 heteroatoms. The summed E-state index contributed by atoms with van der Waals surface area (Å²) in [5, 5.41) is 8.96. The van der Waals surface area contributed by atoms with Crippen LogP contribution in [-0.4, -0.2) is 17.2 Å². The van der Waals surface area contributed by atoms with Gasteiger partial charge in [0, 0.05) is 0 Å². The first kappa shape index (κ1) is 14.9. The van der Waals surface area contributed by atoms with Crippen LogP contribution in [0.1, 0.15) is 18.9 Å². The van der Waals surface area contributed by atoms with E-state index in [4.69, 9.17) is 14.6 Å². The lowest BCUT2D eigenvalue weighted by Gasteiger charge is -2.13. The van der Waals surface area contributed by atoms with E-state index in [1.165, 1.54) is 5.56 Å². The van der Waals surface area contributed by atoms with Crippen LogP contribution in [0.5, 0.6) is 17.2 Å². The highest BCUT2D eigenvalue weighted by molar-refractivity contribution is 5.72. The molecule has 0 aliphatic carbocycles. The number of hydrogen-bond donors (Lipinski definition) is 1. The van der Waals surface area contributed by atoms with Crippen LogP contribution >= 0.6 is 0 Å². The molecular weight excluding hydrogens is 268 g/mol. The van der Waals surface area contributed by atoms with Gasteiger partial charge >= 0.3 is 5.97 Å². The molecule has 0 bridgehead atoms. The van der Waals surface area contributed by atoms with Crippen LogP contribution in [0.2, 0.25) is 0 Å². The largest absolute Gasteiger partial charge is 0.479 e. The SMILES string of the molecule is CCC(Oc1ccc(Oc2ccc(C)cc2)cc1)C(=O)O. The molecule has 1 atom stereocenters. The predicted octanol–water partition coefficient (Wildman–Crippen LogP) is 4.03. The van der Waals surface area contributed by atoms with Gasteiger partial charge in [0.25, 0.3) is 0 Å². The second-order valence-electron chi connectivity index (χ2n) is 4.74. The van der Waals surface area contributed by atoms with Gasteiger partial charge in [0.2, 0.25) is 0 Å². The van der Waals surface area contributed by atoms with E-state index in [2.05, 4.69) is 0 Å². The molecule has 0 aromatic heterocycles. The summed E-state index contributed by atoms with van der Waals surface area (Å²) in [5.41, 5.74) is 1.17. The maximum absolute atomic E-state index is 10.9. The van der Waals surface area contributed by atoms with Crippen LogP contribution in [0.25, 0.3) is 0 Å². The number of aliphatic carboxylic acids is 1. The summed E-state index contributed by atoms with van der Waals surface area (Å²) >= 11 is 0. The van der Waals surface area contributed by atoms with Crippen LogP contribution < -0.4 is 9.47 Å². The van der Waals surface area contributed by atoms with Gasteiger partial charge in [0.15, 0.2) is 6.10 Å². The molecular formula is C17H18O4. The summed E-state index contributed by atoms with van der Waals surface area (Å²) in [6.07, 6.45) is -0.411. The van der Waals surface area contributed by atoms with Crippen LogP contribution in [0.4, 0.5) is 0 Å². The van der Waals surface area contributed by atoms with Gasteiger partial charge in [-0.2, -0.15) is 0 Å². The Bertz CT molecular complexity index is 587. The molecule has 0 aliphatic rings. The molecule has 0 amide bonds. The van der Waals surface area contributed by atoms with Gasteiger partial charge in [0.1, 0.15) is 17.2 Å². The van der Waals surface area contributed by atoms with Crippen molar-refractivity contribution in [2.75, 3.05) is 0 Å². The molecule has 0 saturated carbocycles. The van der Waals surface area contributed by atoms with E-state index >= 15 is 0 Å². The second kappa shape index (κ2) is 6.79. The number of carboxylic acid groups (broad SMARTS) is 1. The van der Waals surface area contributed by atoms with Crippen molar-refractivity contribution in [1.82, 2.24) is 0 Å². The maximum atomic E-state index is 10.9. The van der Waals surface area contributed by atoms with Crippen LogP contribution in [0.15, 0.2) is 48.5 Å². The highest BCUT2D eigenvalue weighted by atomic mass is 16.5. The number of benzene rings is 2. The first-order valence-corrected chi connectivity index (χ1v) is 6.82. The number of carbonyl (C=O) groups is 1. The van der Waals surface area contributed by atoms with Crippen molar-refractivity contribution in [3.8, 4) is 17.2 Å². The zero-order chi connectivity index (χ0) is 15.2. The number of aryl methyl sites for hydroxylation is 1. The van der Waals surface area contributed by atoms with E-state index in [0.29, 0.717) is 17.9 Å². The summed E-state index contributed by atoms with van der Waals surface area (Å²) in [6, 6.07) is 14.7. The molecule has 0 fully saturated rings. The number of carboxylic acids is 1. The molecule has 0 heterocycles. The van der Waals surface area contributed by atoms with Crippen LogP contribution in [-0.2, 0) is 4.79 Å². The molecule has 2 aromatic carbocycles. The lowest BCUT2D eigenvalue weighted by Crippen LogP contribution is -2.25. The van der Waals surface area contributed by atoms with Gasteiger partial charge in [-0.3, -0.25) is 0 Å². The summed E-state index contributed by atoms with van der Waals surface area (Å²) in [6.45, 7) is 3.79. The van der Waals surface area contributed by atoms with Crippen LogP contribution in [0, 0.1) is 6.92 Å². The van der Waals surface area contributed by atoms with Crippen molar-refractivity contribution < 1.29 is 19.4 Å². The topological polar surface area (TPSA) is 55.8 Å². The van der Waals surface area contributed by atoms with Gasteiger partial charge in [-0.25, -0.2) is 4.79 Å². The van der Waals surface area contributed by atoms with Crippen molar-refractivity contribution in [2.45, 2.75) is 26.4 Å². The van der Waals surface area contributed by atoms with Crippen molar-refractivity contribution in [2.24, 2.45) is 0 Å². The van der Waals surface area contributed by atoms with E-state index in [0.717, 1.165) is 5.75 Å². The van der Waals surface area contributed by atoms with E-state index in [1.54, 1.807) is 31.2 Å². The van der Waals surface area contributed by atoms with Crippen molar-refractivity contribution in [3.05, 3.63) is 54.1 Å². The molecule has 2 aromatic rings. The van der Waals surface area contributed by atoms with Crippen LogP contribution in [0.3, 0.4) is 0 Å². The highest BCUT2D eigenvalue weighted by Crippen LogP contribution is 2.24. The minimum absolute atomic E-state index is 0.414. The Morgan fingerprint density at radius 1 is 1.00 bits per heavy atom. The van der Waals surface area contributed by atoms with Gasteiger partial charge in [-0.15, -0.1) is 0 Å². The zero-order valence-electron chi connectivity index (χ0n) is 12.1. The minimum atomic E-state index is -0.961. The van der Waals surface area contributed by atoms with Crippen molar-refractivity contribution in [3.63, 3.8) is 0 Å². The number of ether oxygens (including phenoxy) is 2. The molecule has 1 N–H and O–H groups in total. The second-order valence-corrected chi connectivity index (χ2v) is 4.74. The van der Waals surface area contributed by atoms with Crippen molar-refractivity contribution in [1.29, 1.82) is 0 Å². The molecule has 0 radical (unpaired) electrons. The lowest BCUT2D eigenvalue weighted by atomic mass is 10.2. The minimum Gasteiger partial charge on any atom is -0.479 e. The Balaban J connectivity index is 2.01. The number of rotatable bonds is 6. The monoisotopic (exact) mass is 286 g/mol. The van der Waals surface area contributed by atoms with E-state index in [9.17, 15) is 4.79 Å². The number of hydrogen-bond acceptors (Lipinski definition) is 3. The van der Waals surface area contributed by atoms with Gasteiger partial charge in [0.05, 0.1) is 0 Å². The molecule has 21 heavy (non-hydrogen) atoms. The molecule has 0 aliphatic heterocycles. The van der Waals surface area contributed by atoms with E-state index in [1.807, 2.05) is 31.2 Å². The standard InChI is InChI=1S/C17H18O4/c1-3-16(17(18)19)21-15-10-8-14(9-11-15)20-13-6-4-12(2)5-7-13/h4-11,16H,3H2,1-2H3,(H,18,19). The van der Waals surface area contributed by atoms with Crippen molar-refractivity contribution >= 4 is 5.97 Å². The Morgan fingerprint density at radius 3 is 1.95 bits per heavy atom. The van der Waals surface area contributed by atoms with Gasteiger partial charge < -0.3 is 14.6 Å².